The molecule has 51 heavy (non-hydrogen) atoms. The van der Waals surface area contributed by atoms with E-state index in [2.05, 4.69) is 47.3 Å². The van der Waals surface area contributed by atoms with Gasteiger partial charge in [-0.05, 0) is 107 Å². The molecule has 284 valence electrons. The van der Waals surface area contributed by atoms with Crippen LogP contribution in [0.2, 0.25) is 0 Å². The molecular formula is C43H65NO7. The number of allylic oxidation sites excluding steroid dienone is 2. The van der Waals surface area contributed by atoms with E-state index in [0.717, 1.165) is 69.9 Å². The molecule has 8 nitrogen and oxygen atoms in total. The number of cyclic esters (lactones) is 1. The average Bonchev–Trinajstić information content (AvgIpc) is 3.67. The van der Waals surface area contributed by atoms with Gasteiger partial charge >= 0.3 is 5.97 Å². The maximum Gasteiger partial charge on any atom is 0.309 e. The first-order valence-electron chi connectivity index (χ1n) is 20.3. The fraction of sp³-hybridized carbons (Fsp3) is 0.814. The number of ether oxygens (including phenoxy) is 4. The van der Waals surface area contributed by atoms with Crippen molar-refractivity contribution in [3.05, 3.63) is 34.9 Å². The maximum atomic E-state index is 12.6. The van der Waals surface area contributed by atoms with Crippen LogP contribution in [-0.2, 0) is 23.7 Å². The molecule has 4 bridgehead atoms. The lowest BCUT2D eigenvalue weighted by Gasteiger charge is -2.49. The highest BCUT2D eigenvalue weighted by Crippen LogP contribution is 2.57. The Morgan fingerprint density at radius 3 is 2.47 bits per heavy atom. The molecule has 8 heteroatoms. The van der Waals surface area contributed by atoms with Crippen molar-refractivity contribution in [2.24, 2.45) is 40.0 Å². The molecule has 0 saturated carbocycles. The highest BCUT2D eigenvalue weighted by Gasteiger charge is 2.64. The largest absolute Gasteiger partial charge is 0.458 e. The van der Waals surface area contributed by atoms with Gasteiger partial charge in [0.05, 0.1) is 24.2 Å². The Balaban J connectivity index is 1.27. The van der Waals surface area contributed by atoms with E-state index in [1.807, 2.05) is 13.8 Å². The normalized spacial score (nSPS) is 48.4. The second kappa shape index (κ2) is 13.8. The molecule has 13 atom stereocenters. The molecule has 7 rings (SSSR count). The van der Waals surface area contributed by atoms with E-state index in [9.17, 15) is 15.0 Å². The van der Waals surface area contributed by atoms with Crippen LogP contribution in [0.15, 0.2) is 39.9 Å². The highest BCUT2D eigenvalue weighted by atomic mass is 16.8. The van der Waals surface area contributed by atoms with Crippen LogP contribution in [0.3, 0.4) is 0 Å². The van der Waals surface area contributed by atoms with Crippen molar-refractivity contribution in [3.63, 3.8) is 0 Å². The van der Waals surface area contributed by atoms with Gasteiger partial charge in [0, 0.05) is 55.7 Å². The third-order valence-electron chi connectivity index (χ3n) is 14.6. The van der Waals surface area contributed by atoms with Crippen LogP contribution in [0.5, 0.6) is 0 Å². The molecular weight excluding hydrogens is 642 g/mol. The molecule has 0 aromatic carbocycles. The second-order valence-corrected chi connectivity index (χ2v) is 18.5. The van der Waals surface area contributed by atoms with Crippen molar-refractivity contribution >= 4 is 11.7 Å². The summed E-state index contributed by atoms with van der Waals surface area (Å²) in [6, 6.07) is 0. The van der Waals surface area contributed by atoms with Crippen LogP contribution < -0.4 is 0 Å². The Bertz CT molecular complexity index is 1480. The molecule has 3 spiro atoms. The summed E-state index contributed by atoms with van der Waals surface area (Å²) in [5.41, 5.74) is 4.70. The Morgan fingerprint density at radius 1 is 0.941 bits per heavy atom. The molecule has 0 aromatic heterocycles. The zero-order chi connectivity index (χ0) is 36.5. The number of aliphatic imine (C=N–C) groups is 1. The van der Waals surface area contributed by atoms with Gasteiger partial charge in [-0.2, -0.15) is 0 Å². The first-order valence-corrected chi connectivity index (χ1v) is 20.3. The summed E-state index contributed by atoms with van der Waals surface area (Å²) in [6.45, 7) is 20.5. The molecule has 0 radical (unpaired) electrons. The number of hydrogen-bond donors (Lipinski definition) is 2. The van der Waals surface area contributed by atoms with Gasteiger partial charge in [-0.1, -0.05) is 51.5 Å². The number of carbonyl (C=O) groups is 1. The van der Waals surface area contributed by atoms with Crippen molar-refractivity contribution in [2.45, 2.75) is 180 Å². The number of carbonyl (C=O) groups excluding carboxylic acids is 1. The van der Waals surface area contributed by atoms with Gasteiger partial charge in [-0.15, -0.1) is 0 Å². The van der Waals surface area contributed by atoms with Gasteiger partial charge in [0.2, 0.25) is 5.79 Å². The lowest BCUT2D eigenvalue weighted by Crippen LogP contribution is -2.60. The SMILES string of the molecule is C=C1CCCC2=NCC(C)C(C)CC23CCC(C2CC(C)C(=O)O2)=C(C)C3C=C(C)C(O)CC2OC3(CCC4(OC(CCC4(C)O)C1)O3)CC2C. The molecule has 4 fully saturated rings. The number of nitrogens with zero attached hydrogens (tertiary/aromatic N) is 1. The minimum absolute atomic E-state index is 0.0449. The predicted octanol–water partition coefficient (Wildman–Crippen LogP) is 8.15. The number of esters is 1. The summed E-state index contributed by atoms with van der Waals surface area (Å²) in [4.78, 5) is 18.1. The molecule has 4 saturated heterocycles. The summed E-state index contributed by atoms with van der Waals surface area (Å²) in [5.74, 6) is -0.927. The third-order valence-corrected chi connectivity index (χ3v) is 14.6. The van der Waals surface area contributed by atoms with Gasteiger partial charge in [0.15, 0.2) is 5.79 Å². The Morgan fingerprint density at radius 2 is 1.73 bits per heavy atom. The molecule has 6 heterocycles. The maximum absolute atomic E-state index is 12.6. The highest BCUT2D eigenvalue weighted by molar-refractivity contribution is 5.92. The van der Waals surface area contributed by atoms with Crippen molar-refractivity contribution in [1.82, 2.24) is 0 Å². The first kappa shape index (κ1) is 37.5. The number of aliphatic hydroxyl groups is 2. The molecule has 6 aliphatic heterocycles. The van der Waals surface area contributed by atoms with Crippen molar-refractivity contribution < 1.29 is 34.0 Å². The molecule has 0 aromatic rings. The van der Waals surface area contributed by atoms with Crippen LogP contribution in [0.4, 0.5) is 0 Å². The van der Waals surface area contributed by atoms with Crippen molar-refractivity contribution in [3.8, 4) is 0 Å². The predicted molar refractivity (Wildman–Crippen MR) is 198 cm³/mol. The van der Waals surface area contributed by atoms with Gasteiger partial charge < -0.3 is 29.2 Å². The first-order chi connectivity index (χ1) is 24.1. The fourth-order valence-electron chi connectivity index (χ4n) is 11.1. The van der Waals surface area contributed by atoms with E-state index < -0.39 is 23.3 Å². The van der Waals surface area contributed by atoms with Gasteiger partial charge in [-0.25, -0.2) is 0 Å². The number of fused-ring (bicyclic) bond motifs is 2. The number of rotatable bonds is 1. The molecule has 2 N–H and O–H groups in total. The van der Waals surface area contributed by atoms with Crippen molar-refractivity contribution in [1.29, 1.82) is 0 Å². The molecule has 1 aliphatic carbocycles. The van der Waals surface area contributed by atoms with E-state index >= 15 is 0 Å². The fourth-order valence-corrected chi connectivity index (χ4v) is 11.1. The molecule has 0 amide bonds. The van der Waals surface area contributed by atoms with Crippen molar-refractivity contribution in [2.75, 3.05) is 6.54 Å². The molecule has 7 aliphatic rings. The summed E-state index contributed by atoms with van der Waals surface area (Å²) in [6.07, 6.45) is 12.2. The summed E-state index contributed by atoms with van der Waals surface area (Å²) >= 11 is 0. The zero-order valence-corrected chi connectivity index (χ0v) is 32.5. The minimum atomic E-state index is -1.12. The van der Waals surface area contributed by atoms with Crippen LogP contribution in [0.25, 0.3) is 0 Å². The van der Waals surface area contributed by atoms with Crippen LogP contribution in [0.1, 0.15) is 138 Å². The average molecular weight is 708 g/mol. The van der Waals surface area contributed by atoms with E-state index in [-0.39, 0.29) is 47.4 Å². The second-order valence-electron chi connectivity index (χ2n) is 18.5. The topological polar surface area (TPSA) is 107 Å². The van der Waals surface area contributed by atoms with Crippen LogP contribution in [0, 0.1) is 35.0 Å². The van der Waals surface area contributed by atoms with E-state index in [1.54, 1.807) is 0 Å². The monoisotopic (exact) mass is 707 g/mol. The lowest BCUT2D eigenvalue weighted by molar-refractivity contribution is -0.387. The van der Waals surface area contributed by atoms with E-state index in [4.69, 9.17) is 23.9 Å². The molecule has 13 unspecified atom stereocenters. The quantitative estimate of drug-likeness (QED) is 0.209. The van der Waals surface area contributed by atoms with Crippen LogP contribution in [-0.4, -0.2) is 70.0 Å². The van der Waals surface area contributed by atoms with E-state index in [1.165, 1.54) is 22.4 Å². The van der Waals surface area contributed by atoms with Crippen LogP contribution >= 0.6 is 0 Å². The van der Waals surface area contributed by atoms with Gasteiger partial charge in [0.1, 0.15) is 11.7 Å². The third kappa shape index (κ3) is 6.77. The summed E-state index contributed by atoms with van der Waals surface area (Å²) in [7, 11) is 0. The number of aliphatic hydroxyl groups excluding tert-OH is 1. The smallest absolute Gasteiger partial charge is 0.309 e. The Hall–Kier alpha value is -1.84. The summed E-state index contributed by atoms with van der Waals surface area (Å²) < 4.78 is 26.4. The summed E-state index contributed by atoms with van der Waals surface area (Å²) in [5, 5.41) is 23.6. The van der Waals surface area contributed by atoms with Gasteiger partial charge in [0.25, 0.3) is 0 Å². The zero-order valence-electron chi connectivity index (χ0n) is 32.5. The Kier molecular flexibility index (Phi) is 10.1. The lowest BCUT2D eigenvalue weighted by atomic mass is 9.56. The van der Waals surface area contributed by atoms with E-state index in [0.29, 0.717) is 43.9 Å². The number of hydrogen-bond acceptors (Lipinski definition) is 8. The Labute approximate surface area is 306 Å². The van der Waals surface area contributed by atoms with Gasteiger partial charge in [-0.3, -0.25) is 9.79 Å². The standard InChI is InChI=1S/C43H65NO7/c1-25-10-9-11-38-41(22-28(4)30(6)24-44-38)15-13-33(37-20-27(3)39(46)48-37)31(7)34(41)19-26(2)35(45)21-36-29(5)23-42(50-36)16-17-43(51-42)40(8,47)14-12-32(18-25)49-43/h19,27-30,32,34-37,45,47H,1,9-18,20-24H2,2-8H3. The minimum Gasteiger partial charge on any atom is -0.458 e.